The molecule has 1 unspecified atom stereocenters. The van der Waals surface area contributed by atoms with Gasteiger partial charge in [-0.15, -0.1) is 0 Å². The van der Waals surface area contributed by atoms with Crippen LogP contribution in [0.25, 0.3) is 16.8 Å². The molecule has 2 aromatic rings. The quantitative estimate of drug-likeness (QED) is 0.401. The number of carboxylic acids is 1. The summed E-state index contributed by atoms with van der Waals surface area (Å²) in [5.41, 5.74) is 1.99. The van der Waals surface area contributed by atoms with E-state index in [9.17, 15) is 24.9 Å². The van der Waals surface area contributed by atoms with Crippen LogP contribution in [0, 0.1) is 5.92 Å². The highest BCUT2D eigenvalue weighted by atomic mass is 79.9. The van der Waals surface area contributed by atoms with E-state index in [1.165, 1.54) is 4.90 Å². The number of aliphatic carboxylic acids is 1. The molecular formula is C21H20BrNO5S2. The molecule has 9 heteroatoms. The van der Waals surface area contributed by atoms with Gasteiger partial charge in [0.1, 0.15) is 10.4 Å². The number of thiocarbonyl (C=S) groups is 1. The zero-order valence-corrected chi connectivity index (χ0v) is 19.5. The van der Waals surface area contributed by atoms with Gasteiger partial charge in [0.25, 0.3) is 5.91 Å². The molecule has 1 amide bonds. The third kappa shape index (κ3) is 4.17. The standard InChI is InChI=1S/C21H20BrNO5S2/c1-10(2)18(20(27)28)23-19(26)16(30-21(23)29)7-12-4-3-11-5-13(8-24)14(9-25)6-15(11)17(12)22/h3-7,10,18,24-25H,8-9H2,1-2H3,(H,27,28)/b16-7-. The first-order valence-corrected chi connectivity index (χ1v) is 11.2. The summed E-state index contributed by atoms with van der Waals surface area (Å²) in [6.07, 6.45) is 1.68. The second-order valence-corrected chi connectivity index (χ2v) is 9.67. The van der Waals surface area contributed by atoms with Gasteiger partial charge in [-0.3, -0.25) is 9.69 Å². The number of aliphatic hydroxyl groups excluding tert-OH is 2. The number of aliphatic hydroxyl groups is 2. The van der Waals surface area contributed by atoms with Crippen LogP contribution in [0.3, 0.4) is 0 Å². The van der Waals surface area contributed by atoms with Gasteiger partial charge in [-0.1, -0.05) is 50.0 Å². The van der Waals surface area contributed by atoms with Gasteiger partial charge in [0.05, 0.1) is 18.1 Å². The average Bonchev–Trinajstić information content (AvgIpc) is 2.96. The minimum Gasteiger partial charge on any atom is -0.480 e. The minimum absolute atomic E-state index is 0.172. The Bertz CT molecular complexity index is 1080. The third-order valence-corrected chi connectivity index (χ3v) is 7.13. The second kappa shape index (κ2) is 9.15. The lowest BCUT2D eigenvalue weighted by Crippen LogP contribution is -2.47. The van der Waals surface area contributed by atoms with Crippen LogP contribution in [0.1, 0.15) is 30.5 Å². The molecule has 6 nitrogen and oxygen atoms in total. The molecule has 1 saturated heterocycles. The topological polar surface area (TPSA) is 98.1 Å². The summed E-state index contributed by atoms with van der Waals surface area (Å²) < 4.78 is 0.947. The molecule has 1 fully saturated rings. The molecule has 158 valence electrons. The van der Waals surface area contributed by atoms with Crippen molar-refractivity contribution in [2.75, 3.05) is 0 Å². The Balaban J connectivity index is 2.04. The number of hydrogen-bond donors (Lipinski definition) is 3. The average molecular weight is 510 g/mol. The highest BCUT2D eigenvalue weighted by Gasteiger charge is 2.41. The van der Waals surface area contributed by atoms with Crippen LogP contribution in [0.15, 0.2) is 33.6 Å². The summed E-state index contributed by atoms with van der Waals surface area (Å²) in [5.74, 6) is -1.81. The predicted octanol–water partition coefficient (Wildman–Crippen LogP) is 3.90. The molecule has 30 heavy (non-hydrogen) atoms. The fourth-order valence-electron chi connectivity index (χ4n) is 3.41. The Hall–Kier alpha value is -1.78. The zero-order valence-electron chi connectivity index (χ0n) is 16.3. The van der Waals surface area contributed by atoms with E-state index in [-0.39, 0.29) is 23.5 Å². The van der Waals surface area contributed by atoms with Gasteiger partial charge in [-0.05, 0) is 67.5 Å². The third-order valence-electron chi connectivity index (χ3n) is 4.92. The number of carbonyl (C=O) groups is 2. The van der Waals surface area contributed by atoms with Crippen LogP contribution in [0.2, 0.25) is 0 Å². The van der Waals surface area contributed by atoms with E-state index >= 15 is 0 Å². The smallest absolute Gasteiger partial charge is 0.327 e. The summed E-state index contributed by atoms with van der Waals surface area (Å²) in [6.45, 7) is 3.10. The number of halogens is 1. The molecule has 2 aromatic carbocycles. The predicted molar refractivity (Wildman–Crippen MR) is 125 cm³/mol. The molecule has 1 atom stereocenters. The molecule has 0 bridgehead atoms. The molecule has 0 spiro atoms. The maximum Gasteiger partial charge on any atom is 0.327 e. The monoisotopic (exact) mass is 509 g/mol. The lowest BCUT2D eigenvalue weighted by Gasteiger charge is -2.26. The Morgan fingerprint density at radius 3 is 2.43 bits per heavy atom. The van der Waals surface area contributed by atoms with E-state index in [0.29, 0.717) is 16.0 Å². The summed E-state index contributed by atoms with van der Waals surface area (Å²) in [7, 11) is 0. The first kappa shape index (κ1) is 22.9. The van der Waals surface area contributed by atoms with Gasteiger partial charge in [0.2, 0.25) is 0 Å². The summed E-state index contributed by atoms with van der Waals surface area (Å²) in [4.78, 5) is 26.1. The number of amides is 1. The van der Waals surface area contributed by atoms with Crippen molar-refractivity contribution in [1.82, 2.24) is 4.90 Å². The van der Waals surface area contributed by atoms with Crippen LogP contribution in [-0.4, -0.2) is 42.5 Å². The maximum atomic E-state index is 12.9. The Morgan fingerprint density at radius 1 is 1.23 bits per heavy atom. The van der Waals surface area contributed by atoms with Crippen molar-refractivity contribution in [2.24, 2.45) is 5.92 Å². The molecule has 3 N–H and O–H groups in total. The van der Waals surface area contributed by atoms with Gasteiger partial charge in [-0.25, -0.2) is 4.79 Å². The number of fused-ring (bicyclic) bond motifs is 1. The van der Waals surface area contributed by atoms with Crippen molar-refractivity contribution >= 4 is 73.0 Å². The van der Waals surface area contributed by atoms with E-state index in [2.05, 4.69) is 15.9 Å². The molecule has 0 radical (unpaired) electrons. The first-order valence-electron chi connectivity index (χ1n) is 9.15. The van der Waals surface area contributed by atoms with Crippen molar-refractivity contribution in [3.63, 3.8) is 0 Å². The van der Waals surface area contributed by atoms with Gasteiger partial charge >= 0.3 is 5.97 Å². The number of nitrogens with zero attached hydrogens (tertiary/aromatic N) is 1. The van der Waals surface area contributed by atoms with Crippen molar-refractivity contribution < 1.29 is 24.9 Å². The molecule has 0 saturated carbocycles. The first-order chi connectivity index (χ1) is 14.2. The maximum absolute atomic E-state index is 12.9. The minimum atomic E-state index is -1.09. The molecule has 1 aliphatic heterocycles. The number of rotatable bonds is 6. The number of carboxylic acid groups (broad SMARTS) is 1. The highest BCUT2D eigenvalue weighted by Crippen LogP contribution is 2.38. The SMILES string of the molecule is CC(C)C(C(=O)O)N1C(=O)/C(=C/c2ccc3cc(CO)c(CO)cc3c2Br)SC1=S. The fourth-order valence-corrected chi connectivity index (χ4v) is 5.32. The highest BCUT2D eigenvalue weighted by molar-refractivity contribution is 9.10. The fraction of sp³-hybridized carbons (Fsp3) is 0.286. The van der Waals surface area contributed by atoms with Gasteiger partial charge < -0.3 is 15.3 Å². The summed E-state index contributed by atoms with van der Waals surface area (Å²) in [5, 5.41) is 30.3. The Morgan fingerprint density at radius 2 is 1.87 bits per heavy atom. The van der Waals surface area contributed by atoms with E-state index in [0.717, 1.165) is 32.6 Å². The summed E-state index contributed by atoms with van der Waals surface area (Å²) in [6, 6.07) is 6.28. The lowest BCUT2D eigenvalue weighted by molar-refractivity contribution is -0.146. The van der Waals surface area contributed by atoms with Crippen LogP contribution in [0.5, 0.6) is 0 Å². The van der Waals surface area contributed by atoms with Gasteiger partial charge in [-0.2, -0.15) is 0 Å². The molecule has 3 rings (SSSR count). The second-order valence-electron chi connectivity index (χ2n) is 7.21. The lowest BCUT2D eigenvalue weighted by atomic mass is 9.99. The largest absolute Gasteiger partial charge is 0.480 e. The Labute approximate surface area is 191 Å². The number of carbonyl (C=O) groups excluding carboxylic acids is 1. The summed E-state index contributed by atoms with van der Waals surface area (Å²) >= 11 is 9.95. The van der Waals surface area contributed by atoms with E-state index in [4.69, 9.17) is 12.2 Å². The molecule has 1 aliphatic rings. The normalized spacial score (nSPS) is 16.9. The molecule has 0 aliphatic carbocycles. The molecule has 1 heterocycles. The van der Waals surface area contributed by atoms with Crippen LogP contribution < -0.4 is 0 Å². The van der Waals surface area contributed by atoms with Crippen LogP contribution in [-0.2, 0) is 22.8 Å². The number of hydrogen-bond acceptors (Lipinski definition) is 6. The molecule has 0 aromatic heterocycles. The zero-order chi connectivity index (χ0) is 22.2. The molecular weight excluding hydrogens is 490 g/mol. The van der Waals surface area contributed by atoms with Crippen molar-refractivity contribution in [3.05, 3.63) is 50.3 Å². The van der Waals surface area contributed by atoms with Gasteiger partial charge in [0, 0.05) is 4.47 Å². The van der Waals surface area contributed by atoms with E-state index in [1.54, 1.807) is 26.0 Å². The van der Waals surface area contributed by atoms with Crippen molar-refractivity contribution in [1.29, 1.82) is 0 Å². The van der Waals surface area contributed by atoms with E-state index < -0.39 is 17.9 Å². The van der Waals surface area contributed by atoms with Crippen molar-refractivity contribution in [3.8, 4) is 0 Å². The van der Waals surface area contributed by atoms with Crippen molar-refractivity contribution in [2.45, 2.75) is 33.1 Å². The van der Waals surface area contributed by atoms with Crippen LogP contribution in [0.4, 0.5) is 0 Å². The number of benzene rings is 2. The Kier molecular flexibility index (Phi) is 6.98. The van der Waals surface area contributed by atoms with E-state index in [1.807, 2.05) is 18.2 Å². The van der Waals surface area contributed by atoms with Gasteiger partial charge in [0.15, 0.2) is 0 Å². The van der Waals surface area contributed by atoms with Crippen LogP contribution >= 0.6 is 39.9 Å². The number of thioether (sulfide) groups is 1.